The van der Waals surface area contributed by atoms with Gasteiger partial charge >= 0.3 is 0 Å². The van der Waals surface area contributed by atoms with E-state index >= 15 is 0 Å². The zero-order valence-electron chi connectivity index (χ0n) is 12.0. The number of hydrogen-bond donors (Lipinski definition) is 1. The van der Waals surface area contributed by atoms with Crippen molar-refractivity contribution in [3.05, 3.63) is 35.4 Å². The van der Waals surface area contributed by atoms with Gasteiger partial charge in [0.25, 0.3) is 0 Å². The second kappa shape index (κ2) is 6.83. The highest BCUT2D eigenvalue weighted by Gasteiger charge is 2.31. The van der Waals surface area contributed by atoms with E-state index in [4.69, 9.17) is 22.7 Å². The lowest BCUT2D eigenvalue weighted by atomic mass is 10.1. The predicted octanol–water partition coefficient (Wildman–Crippen LogP) is 1.12. The van der Waals surface area contributed by atoms with Gasteiger partial charge in [-0.1, -0.05) is 36.5 Å². The Morgan fingerprint density at radius 3 is 2.86 bits per heavy atom. The van der Waals surface area contributed by atoms with Crippen LogP contribution in [0.4, 0.5) is 0 Å². The number of nitrogens with zero attached hydrogens (tertiary/aromatic N) is 1. The summed E-state index contributed by atoms with van der Waals surface area (Å²) in [6.07, 6.45) is 0.837. The van der Waals surface area contributed by atoms with Crippen molar-refractivity contribution in [1.29, 1.82) is 0 Å². The van der Waals surface area contributed by atoms with Crippen LogP contribution in [0.25, 0.3) is 0 Å². The molecule has 1 aliphatic rings. The van der Waals surface area contributed by atoms with Crippen LogP contribution in [0.1, 0.15) is 17.5 Å². The quantitative estimate of drug-likeness (QED) is 0.792. The molecule has 1 unspecified atom stereocenters. The topological polar surface area (TPSA) is 72.6 Å². The van der Waals surface area contributed by atoms with Crippen LogP contribution < -0.4 is 5.73 Å². The minimum atomic E-state index is -3.36. The highest BCUT2D eigenvalue weighted by atomic mass is 32.2. The number of hydrogen-bond acceptors (Lipinski definition) is 4. The van der Waals surface area contributed by atoms with E-state index in [1.165, 1.54) is 4.31 Å². The largest absolute Gasteiger partial charge is 0.389 e. The molecule has 0 aliphatic carbocycles. The van der Waals surface area contributed by atoms with Crippen molar-refractivity contribution in [2.24, 2.45) is 11.7 Å². The highest BCUT2D eigenvalue weighted by molar-refractivity contribution is 7.88. The lowest BCUT2D eigenvalue weighted by molar-refractivity contribution is 0.157. The smallest absolute Gasteiger partial charge is 0.218 e. The molecule has 1 fully saturated rings. The molecule has 0 bridgehead atoms. The van der Waals surface area contributed by atoms with Crippen LogP contribution in [-0.2, 0) is 20.5 Å². The van der Waals surface area contributed by atoms with Gasteiger partial charge < -0.3 is 10.5 Å². The lowest BCUT2D eigenvalue weighted by Crippen LogP contribution is -2.31. The van der Waals surface area contributed by atoms with E-state index in [1.807, 2.05) is 0 Å². The maximum absolute atomic E-state index is 12.5. The Morgan fingerprint density at radius 1 is 1.48 bits per heavy atom. The minimum absolute atomic E-state index is 0.0692. The van der Waals surface area contributed by atoms with E-state index in [-0.39, 0.29) is 16.7 Å². The van der Waals surface area contributed by atoms with Crippen molar-refractivity contribution in [2.45, 2.75) is 12.2 Å². The van der Waals surface area contributed by atoms with Crippen LogP contribution in [0.15, 0.2) is 24.3 Å². The summed E-state index contributed by atoms with van der Waals surface area (Å²) in [6.45, 7) is 1.66. The number of ether oxygens (including phenoxy) is 1. The van der Waals surface area contributed by atoms with Gasteiger partial charge in [-0.3, -0.25) is 0 Å². The van der Waals surface area contributed by atoms with Gasteiger partial charge in [0.15, 0.2) is 0 Å². The molecule has 0 amide bonds. The second-order valence-electron chi connectivity index (χ2n) is 5.25. The molecule has 1 atom stereocenters. The van der Waals surface area contributed by atoms with Crippen LogP contribution >= 0.6 is 12.2 Å². The molecule has 116 valence electrons. The molecule has 21 heavy (non-hydrogen) atoms. The molecule has 0 saturated carbocycles. The molecule has 1 aromatic rings. The van der Waals surface area contributed by atoms with Gasteiger partial charge in [0, 0.05) is 25.8 Å². The third-order valence-electron chi connectivity index (χ3n) is 3.67. The Labute approximate surface area is 131 Å². The Morgan fingerprint density at radius 2 is 2.19 bits per heavy atom. The summed E-state index contributed by atoms with van der Waals surface area (Å²) >= 11 is 4.98. The third-order valence-corrected chi connectivity index (χ3v) is 5.68. The average molecular weight is 328 g/mol. The van der Waals surface area contributed by atoms with Gasteiger partial charge in [-0.05, 0) is 17.9 Å². The Hall–Kier alpha value is -1.02. The Kier molecular flexibility index (Phi) is 5.32. The normalized spacial score (nSPS) is 19.8. The van der Waals surface area contributed by atoms with Gasteiger partial charge in [-0.2, -0.15) is 0 Å². The second-order valence-corrected chi connectivity index (χ2v) is 7.65. The molecule has 7 heteroatoms. The fraction of sp³-hybridized carbons (Fsp3) is 0.500. The van der Waals surface area contributed by atoms with Gasteiger partial charge in [0.05, 0.1) is 12.4 Å². The summed E-state index contributed by atoms with van der Waals surface area (Å²) in [4.78, 5) is 0.222. The van der Waals surface area contributed by atoms with Crippen LogP contribution in [0.5, 0.6) is 0 Å². The fourth-order valence-corrected chi connectivity index (χ4v) is 4.44. The molecule has 5 nitrogen and oxygen atoms in total. The van der Waals surface area contributed by atoms with Crippen molar-refractivity contribution in [2.75, 3.05) is 26.8 Å². The van der Waals surface area contributed by atoms with Crippen molar-refractivity contribution in [1.82, 2.24) is 4.31 Å². The van der Waals surface area contributed by atoms with Gasteiger partial charge in [-0.25, -0.2) is 12.7 Å². The molecule has 0 spiro atoms. The summed E-state index contributed by atoms with van der Waals surface area (Å²) < 4.78 is 31.7. The van der Waals surface area contributed by atoms with Crippen molar-refractivity contribution >= 4 is 27.2 Å². The van der Waals surface area contributed by atoms with E-state index in [0.29, 0.717) is 30.8 Å². The number of benzene rings is 1. The first-order valence-corrected chi connectivity index (χ1v) is 8.80. The SMILES string of the molecule is COCC1CCN(S(=O)(=O)Cc2ccccc2C(N)=S)C1. The first-order chi connectivity index (χ1) is 9.94. The Bertz CT molecular complexity index is 616. The summed E-state index contributed by atoms with van der Waals surface area (Å²) in [7, 11) is -1.72. The van der Waals surface area contributed by atoms with Crippen LogP contribution in [0.3, 0.4) is 0 Å². The third kappa shape index (κ3) is 4.00. The van der Waals surface area contributed by atoms with E-state index in [0.717, 1.165) is 6.42 Å². The summed E-state index contributed by atoms with van der Waals surface area (Å²) in [5.74, 6) is 0.204. The number of nitrogens with two attached hydrogens (primary N) is 1. The average Bonchev–Trinajstić information content (AvgIpc) is 2.88. The van der Waals surface area contributed by atoms with Crippen molar-refractivity contribution in [3.63, 3.8) is 0 Å². The number of methoxy groups -OCH3 is 1. The number of thiocarbonyl (C=S) groups is 1. The monoisotopic (exact) mass is 328 g/mol. The van der Waals surface area contributed by atoms with Crippen LogP contribution in [0.2, 0.25) is 0 Å². The van der Waals surface area contributed by atoms with Gasteiger partial charge in [-0.15, -0.1) is 0 Å². The zero-order chi connectivity index (χ0) is 15.5. The summed E-state index contributed by atoms with van der Waals surface area (Å²) in [5.41, 5.74) is 6.94. The van der Waals surface area contributed by atoms with Crippen molar-refractivity contribution in [3.8, 4) is 0 Å². The first-order valence-electron chi connectivity index (χ1n) is 6.78. The molecule has 0 aromatic heterocycles. The summed E-state index contributed by atoms with van der Waals surface area (Å²) in [5, 5.41) is 0. The first kappa shape index (κ1) is 16.4. The fourth-order valence-electron chi connectivity index (χ4n) is 2.60. The Balaban J connectivity index is 2.14. The van der Waals surface area contributed by atoms with E-state index in [1.54, 1.807) is 31.4 Å². The molecule has 1 aromatic carbocycles. The molecular formula is C14H20N2O3S2. The van der Waals surface area contributed by atoms with E-state index in [9.17, 15) is 8.42 Å². The molecule has 1 heterocycles. The standard InChI is InChI=1S/C14H20N2O3S2/c1-19-9-11-6-7-16(8-11)21(17,18)10-12-4-2-3-5-13(12)14(15)20/h2-5,11H,6-10H2,1H3,(H2,15,20). The van der Waals surface area contributed by atoms with Crippen molar-refractivity contribution < 1.29 is 13.2 Å². The van der Waals surface area contributed by atoms with Gasteiger partial charge in [0.1, 0.15) is 4.99 Å². The molecule has 2 rings (SSSR count). The highest BCUT2D eigenvalue weighted by Crippen LogP contribution is 2.23. The maximum Gasteiger partial charge on any atom is 0.218 e. The maximum atomic E-state index is 12.5. The molecule has 1 aliphatic heterocycles. The molecular weight excluding hydrogens is 308 g/mol. The molecule has 2 N–H and O–H groups in total. The van der Waals surface area contributed by atoms with Crippen LogP contribution in [0, 0.1) is 5.92 Å². The van der Waals surface area contributed by atoms with E-state index in [2.05, 4.69) is 0 Å². The van der Waals surface area contributed by atoms with Crippen LogP contribution in [-0.4, -0.2) is 44.5 Å². The zero-order valence-corrected chi connectivity index (χ0v) is 13.6. The molecule has 0 radical (unpaired) electrons. The lowest BCUT2D eigenvalue weighted by Gasteiger charge is -2.17. The molecule has 1 saturated heterocycles. The predicted molar refractivity (Wildman–Crippen MR) is 86.5 cm³/mol. The minimum Gasteiger partial charge on any atom is -0.389 e. The summed E-state index contributed by atoms with van der Waals surface area (Å²) in [6, 6.07) is 7.11. The van der Waals surface area contributed by atoms with E-state index < -0.39 is 10.0 Å². The number of sulfonamides is 1. The van der Waals surface area contributed by atoms with Gasteiger partial charge in [0.2, 0.25) is 10.0 Å². The number of rotatable bonds is 6.